The van der Waals surface area contributed by atoms with E-state index in [1.54, 1.807) is 7.11 Å². The number of guanidine groups is 1. The van der Waals surface area contributed by atoms with E-state index in [0.717, 1.165) is 6.54 Å². The summed E-state index contributed by atoms with van der Waals surface area (Å²) in [5.74, 6) is 2.86. The van der Waals surface area contributed by atoms with Gasteiger partial charge in [-0.2, -0.15) is 0 Å². The van der Waals surface area contributed by atoms with E-state index in [1.165, 1.54) is 25.7 Å². The molecule has 1 amide bonds. The Kier molecular flexibility index (Phi) is 13.3. The van der Waals surface area contributed by atoms with E-state index in [0.29, 0.717) is 49.4 Å². The van der Waals surface area contributed by atoms with Gasteiger partial charge >= 0.3 is 0 Å². The molecular weight excluding hydrogens is 495 g/mol. The molecule has 0 bridgehead atoms. The van der Waals surface area contributed by atoms with Gasteiger partial charge in [0.1, 0.15) is 6.10 Å². The fourth-order valence-corrected chi connectivity index (χ4v) is 3.46. The second-order valence-corrected chi connectivity index (χ2v) is 7.43. The summed E-state index contributed by atoms with van der Waals surface area (Å²) in [6, 6.07) is 7.59. The second kappa shape index (κ2) is 15.1. The summed E-state index contributed by atoms with van der Waals surface area (Å²) in [5, 5.41) is 9.47. The van der Waals surface area contributed by atoms with Crippen LogP contribution in [0.1, 0.15) is 46.0 Å². The molecule has 170 valence electrons. The van der Waals surface area contributed by atoms with Crippen molar-refractivity contribution in [3.05, 3.63) is 24.3 Å². The third-order valence-electron chi connectivity index (χ3n) is 4.94. The van der Waals surface area contributed by atoms with E-state index in [9.17, 15) is 4.79 Å². The van der Waals surface area contributed by atoms with Crippen molar-refractivity contribution >= 4 is 35.8 Å². The van der Waals surface area contributed by atoms with Gasteiger partial charge < -0.3 is 25.4 Å². The Labute approximate surface area is 197 Å². The Morgan fingerprint density at radius 3 is 2.47 bits per heavy atom. The summed E-state index contributed by atoms with van der Waals surface area (Å²) in [4.78, 5) is 16.6. The normalized spacial score (nSPS) is 15.1. The van der Waals surface area contributed by atoms with Crippen LogP contribution in [0.4, 0.5) is 0 Å². The molecule has 7 nitrogen and oxygen atoms in total. The first-order valence-electron chi connectivity index (χ1n) is 10.7. The number of carbonyl (C=O) groups excluding carboxylic acids is 1. The lowest BCUT2D eigenvalue weighted by atomic mass is 10.0. The van der Waals surface area contributed by atoms with Crippen LogP contribution in [0.15, 0.2) is 29.3 Å². The number of carbonyl (C=O) groups is 1. The number of nitrogens with one attached hydrogen (secondary N) is 3. The molecule has 0 spiro atoms. The van der Waals surface area contributed by atoms with Crippen molar-refractivity contribution < 1.29 is 14.3 Å². The molecule has 1 aliphatic rings. The van der Waals surface area contributed by atoms with Gasteiger partial charge in [0.25, 0.3) is 0 Å². The smallest absolute Gasteiger partial charge is 0.220 e. The van der Waals surface area contributed by atoms with Gasteiger partial charge in [-0.25, -0.2) is 4.99 Å². The molecule has 30 heavy (non-hydrogen) atoms. The number of para-hydroxylation sites is 2. The summed E-state index contributed by atoms with van der Waals surface area (Å²) in [7, 11) is 1.63. The molecule has 1 aromatic rings. The Morgan fingerprint density at radius 2 is 1.80 bits per heavy atom. The molecule has 2 rings (SSSR count). The first kappa shape index (κ1) is 26.3. The zero-order valence-corrected chi connectivity index (χ0v) is 20.7. The lowest BCUT2D eigenvalue weighted by Gasteiger charge is -2.17. The van der Waals surface area contributed by atoms with Gasteiger partial charge in [0, 0.05) is 26.1 Å². The van der Waals surface area contributed by atoms with E-state index >= 15 is 0 Å². The average Bonchev–Trinajstić information content (AvgIpc) is 3.22. The fraction of sp³-hybridized carbons (Fsp3) is 0.636. The van der Waals surface area contributed by atoms with Crippen LogP contribution >= 0.6 is 24.0 Å². The van der Waals surface area contributed by atoms with E-state index in [4.69, 9.17) is 9.47 Å². The molecular formula is C22H37IN4O3. The minimum atomic E-state index is -0.104. The lowest BCUT2D eigenvalue weighted by molar-refractivity contribution is -0.121. The number of ether oxygens (including phenoxy) is 2. The SMILES string of the molecule is CCNC(=NCC(C)Oc1ccccc1OC)NCCNC(=O)CC1CCCC1.I. The molecule has 1 saturated carbocycles. The third-order valence-corrected chi connectivity index (χ3v) is 4.94. The Balaban J connectivity index is 0.00000450. The van der Waals surface area contributed by atoms with Crippen molar-refractivity contribution in [2.75, 3.05) is 33.3 Å². The Morgan fingerprint density at radius 1 is 1.13 bits per heavy atom. The predicted molar refractivity (Wildman–Crippen MR) is 132 cm³/mol. The highest BCUT2D eigenvalue weighted by Gasteiger charge is 2.18. The van der Waals surface area contributed by atoms with Gasteiger partial charge in [-0.1, -0.05) is 25.0 Å². The van der Waals surface area contributed by atoms with Crippen molar-refractivity contribution in [2.45, 2.75) is 52.1 Å². The molecule has 0 radical (unpaired) electrons. The number of hydrogen-bond acceptors (Lipinski definition) is 4. The zero-order chi connectivity index (χ0) is 20.9. The van der Waals surface area contributed by atoms with E-state index in [1.807, 2.05) is 38.1 Å². The molecule has 1 atom stereocenters. The van der Waals surface area contributed by atoms with Crippen LogP contribution in [0, 0.1) is 5.92 Å². The number of hydrogen-bond donors (Lipinski definition) is 3. The van der Waals surface area contributed by atoms with Crippen LogP contribution in [0.25, 0.3) is 0 Å². The molecule has 0 heterocycles. The summed E-state index contributed by atoms with van der Waals surface area (Å²) in [6.07, 6.45) is 5.47. The number of halogens is 1. The van der Waals surface area contributed by atoms with Crippen molar-refractivity contribution in [3.8, 4) is 11.5 Å². The predicted octanol–water partition coefficient (Wildman–Crippen LogP) is 3.33. The average molecular weight is 532 g/mol. The quantitative estimate of drug-likeness (QED) is 0.176. The van der Waals surface area contributed by atoms with Gasteiger partial charge in [-0.05, 0) is 44.7 Å². The lowest BCUT2D eigenvalue weighted by Crippen LogP contribution is -2.42. The number of nitrogens with zero attached hydrogens (tertiary/aromatic N) is 1. The molecule has 1 aromatic carbocycles. The summed E-state index contributed by atoms with van der Waals surface area (Å²) >= 11 is 0. The van der Waals surface area contributed by atoms with E-state index in [2.05, 4.69) is 20.9 Å². The largest absolute Gasteiger partial charge is 0.493 e. The second-order valence-electron chi connectivity index (χ2n) is 7.43. The molecule has 0 aliphatic heterocycles. The maximum Gasteiger partial charge on any atom is 0.220 e. The molecule has 0 aromatic heterocycles. The fourth-order valence-electron chi connectivity index (χ4n) is 3.46. The molecule has 3 N–H and O–H groups in total. The van der Waals surface area contributed by atoms with Gasteiger partial charge in [0.15, 0.2) is 17.5 Å². The van der Waals surface area contributed by atoms with Crippen LogP contribution in [0.5, 0.6) is 11.5 Å². The van der Waals surface area contributed by atoms with Crippen LogP contribution in [-0.2, 0) is 4.79 Å². The number of amides is 1. The minimum Gasteiger partial charge on any atom is -0.493 e. The van der Waals surface area contributed by atoms with Crippen molar-refractivity contribution in [3.63, 3.8) is 0 Å². The van der Waals surface area contributed by atoms with Crippen molar-refractivity contribution in [1.29, 1.82) is 0 Å². The maximum atomic E-state index is 12.0. The number of rotatable bonds is 11. The van der Waals surface area contributed by atoms with E-state index < -0.39 is 0 Å². The minimum absolute atomic E-state index is 0. The highest BCUT2D eigenvalue weighted by molar-refractivity contribution is 14.0. The van der Waals surface area contributed by atoms with Gasteiger partial charge in [-0.15, -0.1) is 24.0 Å². The van der Waals surface area contributed by atoms with Crippen LogP contribution in [0.3, 0.4) is 0 Å². The summed E-state index contributed by atoms with van der Waals surface area (Å²) < 4.78 is 11.3. The van der Waals surface area contributed by atoms with Gasteiger partial charge in [-0.3, -0.25) is 4.79 Å². The summed E-state index contributed by atoms with van der Waals surface area (Å²) in [6.45, 7) is 6.48. The number of methoxy groups -OCH3 is 1. The third kappa shape index (κ3) is 9.86. The Hall–Kier alpha value is -1.71. The number of aliphatic imine (C=N–C) groups is 1. The summed E-state index contributed by atoms with van der Waals surface area (Å²) in [5.41, 5.74) is 0. The van der Waals surface area contributed by atoms with Crippen LogP contribution in [-0.4, -0.2) is 51.3 Å². The van der Waals surface area contributed by atoms with Crippen molar-refractivity contribution in [1.82, 2.24) is 16.0 Å². The zero-order valence-electron chi connectivity index (χ0n) is 18.4. The van der Waals surface area contributed by atoms with Gasteiger partial charge in [0.2, 0.25) is 5.91 Å². The number of benzene rings is 1. The molecule has 1 aliphatic carbocycles. The topological polar surface area (TPSA) is 84.0 Å². The van der Waals surface area contributed by atoms with Crippen LogP contribution in [0.2, 0.25) is 0 Å². The molecule has 1 unspecified atom stereocenters. The maximum absolute atomic E-state index is 12.0. The van der Waals surface area contributed by atoms with Crippen LogP contribution < -0.4 is 25.4 Å². The van der Waals surface area contributed by atoms with E-state index in [-0.39, 0.29) is 36.0 Å². The first-order valence-corrected chi connectivity index (χ1v) is 10.7. The molecule has 8 heteroatoms. The first-order chi connectivity index (χ1) is 14.1. The molecule has 0 saturated heterocycles. The highest BCUT2D eigenvalue weighted by Crippen LogP contribution is 2.27. The highest BCUT2D eigenvalue weighted by atomic mass is 127. The Bertz CT molecular complexity index is 651. The van der Waals surface area contributed by atoms with Gasteiger partial charge in [0.05, 0.1) is 13.7 Å². The van der Waals surface area contributed by atoms with Crippen molar-refractivity contribution in [2.24, 2.45) is 10.9 Å². The molecule has 1 fully saturated rings. The monoisotopic (exact) mass is 532 g/mol. The standard InChI is InChI=1S/C22H36N4O3.HI/c1-4-23-22(25-14-13-24-21(27)15-18-9-5-6-10-18)26-16-17(2)29-20-12-8-7-11-19(20)28-3;/h7-8,11-12,17-18H,4-6,9-10,13-16H2,1-3H3,(H,24,27)(H2,23,25,26);1H.